The van der Waals surface area contributed by atoms with Crippen LogP contribution in [0.25, 0.3) is 0 Å². The van der Waals surface area contributed by atoms with Gasteiger partial charge in [-0.05, 0) is 0 Å². The van der Waals surface area contributed by atoms with Crippen LogP contribution in [0.5, 0.6) is 0 Å². The summed E-state index contributed by atoms with van der Waals surface area (Å²) in [5.41, 5.74) is 0. The van der Waals surface area contributed by atoms with Crippen molar-refractivity contribution in [1.29, 1.82) is 0 Å². The molecule has 2 aromatic rings. The first-order chi connectivity index (χ1) is 6.41. The molecular formula is C12H17Cl2SiZr. The zero-order valence-corrected chi connectivity index (χ0v) is 14.7. The third-order valence-corrected chi connectivity index (χ3v) is 1.11. The van der Waals surface area contributed by atoms with E-state index >= 15 is 0 Å². The third kappa shape index (κ3) is 23.9. The topological polar surface area (TPSA) is 0 Å². The SMILES string of the molecule is C[SiH]C.[Cl-].[Cl-].[Zr+4].c1cc[cH-]c1.c1cc[cH-]c1. The van der Waals surface area contributed by atoms with E-state index in [0.717, 1.165) is 9.52 Å². The van der Waals surface area contributed by atoms with Crippen LogP contribution in [0.4, 0.5) is 0 Å². The molecule has 0 N–H and O–H groups in total. The molecule has 0 aliphatic rings. The summed E-state index contributed by atoms with van der Waals surface area (Å²) in [7, 11) is 0.750. The molecule has 0 saturated carbocycles. The zero-order valence-electron chi connectivity index (χ0n) is 9.61. The number of hydrogen-bond acceptors (Lipinski definition) is 0. The van der Waals surface area contributed by atoms with Gasteiger partial charge in [0.25, 0.3) is 0 Å². The van der Waals surface area contributed by atoms with Crippen molar-refractivity contribution >= 4 is 9.52 Å². The first-order valence-corrected chi connectivity index (χ1v) is 6.80. The van der Waals surface area contributed by atoms with Gasteiger partial charge in [0.1, 0.15) is 0 Å². The molecule has 16 heavy (non-hydrogen) atoms. The quantitative estimate of drug-likeness (QED) is 0.359. The average molecular weight is 351 g/mol. The molecule has 4 heteroatoms. The predicted molar refractivity (Wildman–Crippen MR) is 62.9 cm³/mol. The van der Waals surface area contributed by atoms with Gasteiger partial charge in [-0.3, -0.25) is 0 Å². The first kappa shape index (κ1) is 25.3. The van der Waals surface area contributed by atoms with Gasteiger partial charge in [-0.25, -0.2) is 24.3 Å². The van der Waals surface area contributed by atoms with Gasteiger partial charge in [-0.2, -0.15) is 36.4 Å². The fourth-order valence-electron chi connectivity index (χ4n) is 0.642. The summed E-state index contributed by atoms with van der Waals surface area (Å²) in [5, 5.41) is 0. The van der Waals surface area contributed by atoms with Crippen molar-refractivity contribution in [3.8, 4) is 0 Å². The molecule has 0 saturated heterocycles. The minimum atomic E-state index is 0. The van der Waals surface area contributed by atoms with E-state index < -0.39 is 0 Å². The van der Waals surface area contributed by atoms with Crippen molar-refractivity contribution in [2.75, 3.05) is 0 Å². The van der Waals surface area contributed by atoms with Crippen molar-refractivity contribution in [3.63, 3.8) is 0 Å². The molecule has 0 unspecified atom stereocenters. The Kier molecular flexibility index (Phi) is 38.8. The van der Waals surface area contributed by atoms with E-state index in [-0.39, 0.29) is 51.0 Å². The molecule has 0 aromatic heterocycles. The number of rotatable bonds is 0. The van der Waals surface area contributed by atoms with Gasteiger partial charge in [0.15, 0.2) is 0 Å². The van der Waals surface area contributed by atoms with Gasteiger partial charge < -0.3 is 24.8 Å². The number of hydrogen-bond donors (Lipinski definition) is 0. The Morgan fingerprint density at radius 3 is 0.938 bits per heavy atom. The van der Waals surface area contributed by atoms with E-state index in [1.807, 2.05) is 60.7 Å². The summed E-state index contributed by atoms with van der Waals surface area (Å²) >= 11 is 0. The predicted octanol–water partition coefficient (Wildman–Crippen LogP) is -2.66. The van der Waals surface area contributed by atoms with E-state index in [1.165, 1.54) is 0 Å². The van der Waals surface area contributed by atoms with E-state index in [1.54, 1.807) is 0 Å². The molecule has 2 aromatic carbocycles. The molecule has 0 aliphatic heterocycles. The third-order valence-electron chi connectivity index (χ3n) is 1.11. The Bertz CT molecular complexity index is 171. The molecule has 2 rings (SSSR count). The van der Waals surface area contributed by atoms with Crippen LogP contribution in [-0.2, 0) is 26.2 Å². The van der Waals surface area contributed by atoms with E-state index in [9.17, 15) is 0 Å². The second kappa shape index (κ2) is 24.6. The Morgan fingerprint density at radius 1 is 0.688 bits per heavy atom. The Labute approximate surface area is 133 Å². The van der Waals surface area contributed by atoms with Gasteiger partial charge in [-0.15, -0.1) is 0 Å². The van der Waals surface area contributed by atoms with Gasteiger partial charge in [0.2, 0.25) is 0 Å². The first-order valence-electron chi connectivity index (χ1n) is 4.49. The van der Waals surface area contributed by atoms with Gasteiger partial charge >= 0.3 is 26.2 Å². The van der Waals surface area contributed by atoms with Crippen LogP contribution < -0.4 is 24.8 Å². The van der Waals surface area contributed by atoms with Crippen molar-refractivity contribution in [3.05, 3.63) is 60.7 Å². The molecule has 1 radical (unpaired) electrons. The molecular weight excluding hydrogens is 334 g/mol. The van der Waals surface area contributed by atoms with Crippen molar-refractivity contribution in [2.45, 2.75) is 13.1 Å². The average Bonchev–Trinajstić information content (AvgIpc) is 2.85. The summed E-state index contributed by atoms with van der Waals surface area (Å²) in [6.07, 6.45) is 0. The number of halogens is 2. The maximum absolute atomic E-state index is 2.21. The second-order valence-corrected chi connectivity index (χ2v) is 3.66. The van der Waals surface area contributed by atoms with E-state index in [4.69, 9.17) is 0 Å². The van der Waals surface area contributed by atoms with Crippen molar-refractivity contribution in [2.24, 2.45) is 0 Å². The normalized spacial score (nSPS) is 6.12. The standard InChI is InChI=1S/2C5H5.C2H7Si.2ClH.Zr/c2*1-2-4-5-3-1;1-3-2;;;/h2*1-5H;3H,1-2H3;2*1H;/q2*-1;;;;+4/p-2. The van der Waals surface area contributed by atoms with Crippen LogP contribution in [0.3, 0.4) is 0 Å². The molecule has 0 nitrogen and oxygen atoms in total. The minimum absolute atomic E-state index is 0. The van der Waals surface area contributed by atoms with Crippen LogP contribution in [0.15, 0.2) is 60.7 Å². The largest absolute Gasteiger partial charge is 4.00 e. The zero-order chi connectivity index (χ0) is 9.78. The molecule has 0 amide bonds. The Hall–Kier alpha value is 0.380. The van der Waals surface area contributed by atoms with Gasteiger partial charge in [0.05, 0.1) is 0 Å². The maximum Gasteiger partial charge on any atom is 4.00 e. The van der Waals surface area contributed by atoms with Crippen molar-refractivity contribution < 1.29 is 51.0 Å². The second-order valence-electron chi connectivity index (χ2n) is 2.50. The van der Waals surface area contributed by atoms with Gasteiger partial charge in [0, 0.05) is 9.52 Å². The minimum Gasteiger partial charge on any atom is -1.00 e. The smallest absolute Gasteiger partial charge is 1.00 e. The molecule has 0 heterocycles. The molecule has 87 valence electrons. The summed E-state index contributed by atoms with van der Waals surface area (Å²) in [6.45, 7) is 4.42. The van der Waals surface area contributed by atoms with Crippen LogP contribution in [0.1, 0.15) is 0 Å². The maximum atomic E-state index is 2.21. The van der Waals surface area contributed by atoms with E-state index in [0.29, 0.717) is 0 Å². The fraction of sp³-hybridized carbons (Fsp3) is 0.167. The van der Waals surface area contributed by atoms with Gasteiger partial charge in [-0.1, -0.05) is 13.1 Å². The summed E-state index contributed by atoms with van der Waals surface area (Å²) < 4.78 is 0. The van der Waals surface area contributed by atoms with Crippen LogP contribution >= 0.6 is 0 Å². The van der Waals surface area contributed by atoms with Crippen molar-refractivity contribution in [1.82, 2.24) is 0 Å². The van der Waals surface area contributed by atoms with E-state index in [2.05, 4.69) is 13.1 Å². The Balaban J connectivity index is -0.0000000638. The summed E-state index contributed by atoms with van der Waals surface area (Å²) in [4.78, 5) is 0. The molecule has 0 bridgehead atoms. The molecule has 0 atom stereocenters. The Morgan fingerprint density at radius 2 is 0.875 bits per heavy atom. The van der Waals surface area contributed by atoms with Crippen LogP contribution in [0.2, 0.25) is 13.1 Å². The van der Waals surface area contributed by atoms with Crippen LogP contribution in [0, 0.1) is 0 Å². The molecule has 0 spiro atoms. The monoisotopic (exact) mass is 349 g/mol. The molecule has 0 fully saturated rings. The molecule has 0 aliphatic carbocycles. The summed E-state index contributed by atoms with van der Waals surface area (Å²) in [5.74, 6) is 0. The summed E-state index contributed by atoms with van der Waals surface area (Å²) in [6, 6.07) is 20.0. The van der Waals surface area contributed by atoms with Crippen LogP contribution in [-0.4, -0.2) is 9.52 Å². The fourth-order valence-corrected chi connectivity index (χ4v) is 0.642.